The summed E-state index contributed by atoms with van der Waals surface area (Å²) in [6, 6.07) is 6.86. The van der Waals surface area contributed by atoms with Crippen LogP contribution in [0.4, 0.5) is 0 Å². The number of carbonyl (C=O) groups excluding carboxylic acids is 2. The molecule has 0 aromatic heterocycles. The second-order valence-electron chi connectivity index (χ2n) is 4.58. The van der Waals surface area contributed by atoms with E-state index >= 15 is 0 Å². The van der Waals surface area contributed by atoms with Gasteiger partial charge in [0.05, 0.1) is 10.9 Å². The number of hydrogen-bond donors (Lipinski definition) is 1. The van der Waals surface area contributed by atoms with Gasteiger partial charge in [-0.05, 0) is 38.3 Å². The predicted molar refractivity (Wildman–Crippen MR) is 73.9 cm³/mol. The quantitative estimate of drug-likeness (QED) is 0.830. The Labute approximate surface area is 112 Å². The van der Waals surface area contributed by atoms with E-state index in [4.69, 9.17) is 12.2 Å². The number of nitrogens with one attached hydrogen (secondary N) is 1. The zero-order valence-corrected chi connectivity index (χ0v) is 11.0. The van der Waals surface area contributed by atoms with Crippen molar-refractivity contribution < 1.29 is 9.59 Å². The van der Waals surface area contributed by atoms with Crippen molar-refractivity contribution in [3.63, 3.8) is 0 Å². The summed E-state index contributed by atoms with van der Waals surface area (Å²) in [5.41, 5.74) is 1.60. The molecule has 0 spiro atoms. The summed E-state index contributed by atoms with van der Waals surface area (Å²) >= 11 is 4.99. The van der Waals surface area contributed by atoms with E-state index in [0.717, 1.165) is 12.0 Å². The highest BCUT2D eigenvalue weighted by Crippen LogP contribution is 2.14. The van der Waals surface area contributed by atoms with E-state index in [9.17, 15) is 9.59 Å². The molecule has 1 aliphatic rings. The Morgan fingerprint density at radius 1 is 1.44 bits per heavy atom. The van der Waals surface area contributed by atoms with Crippen molar-refractivity contribution >= 4 is 28.8 Å². The van der Waals surface area contributed by atoms with Gasteiger partial charge in [0.1, 0.15) is 0 Å². The molecule has 1 amide bonds. The normalized spacial score (nSPS) is 19.7. The van der Waals surface area contributed by atoms with Crippen molar-refractivity contribution in [3.05, 3.63) is 35.4 Å². The second kappa shape index (κ2) is 5.40. The smallest absolute Gasteiger partial charge is 0.251 e. The fourth-order valence-electron chi connectivity index (χ4n) is 2.08. The lowest BCUT2D eigenvalue weighted by atomic mass is 9.93. The minimum absolute atomic E-state index is 0.0998. The maximum absolute atomic E-state index is 12.0. The van der Waals surface area contributed by atoms with E-state index in [-0.39, 0.29) is 11.7 Å². The minimum atomic E-state index is -0.445. The van der Waals surface area contributed by atoms with Gasteiger partial charge < -0.3 is 5.32 Å². The number of rotatable bonds is 2. The zero-order chi connectivity index (χ0) is 13.1. The van der Waals surface area contributed by atoms with Crippen LogP contribution in [0, 0.1) is 6.92 Å². The summed E-state index contributed by atoms with van der Waals surface area (Å²) in [7, 11) is 0. The molecule has 0 bridgehead atoms. The molecule has 1 saturated carbocycles. The standard InChI is InChI=1S/C14H15NO2S/c1-9-4-2-5-10(8-9)14(17)15-11-6-3-7-12(18)13(11)16/h2,4-5,8,11H,3,6-7H2,1H3,(H,15,17). The van der Waals surface area contributed by atoms with Gasteiger partial charge in [-0.1, -0.05) is 29.9 Å². The van der Waals surface area contributed by atoms with Crippen LogP contribution in [-0.4, -0.2) is 22.6 Å². The van der Waals surface area contributed by atoms with Crippen molar-refractivity contribution in [1.29, 1.82) is 0 Å². The van der Waals surface area contributed by atoms with Crippen molar-refractivity contribution in [2.24, 2.45) is 0 Å². The Morgan fingerprint density at radius 3 is 2.94 bits per heavy atom. The summed E-state index contributed by atoms with van der Waals surface area (Å²) in [6.07, 6.45) is 2.21. The molecule has 1 aromatic carbocycles. The number of benzene rings is 1. The molecule has 1 aliphatic carbocycles. The molecule has 1 unspecified atom stereocenters. The highest BCUT2D eigenvalue weighted by atomic mass is 32.1. The highest BCUT2D eigenvalue weighted by Gasteiger charge is 2.27. The van der Waals surface area contributed by atoms with Gasteiger partial charge in [-0.15, -0.1) is 0 Å². The maximum atomic E-state index is 12.0. The lowest BCUT2D eigenvalue weighted by molar-refractivity contribution is -0.115. The number of hydrogen-bond acceptors (Lipinski definition) is 3. The molecule has 0 heterocycles. The van der Waals surface area contributed by atoms with Crippen LogP contribution in [0.25, 0.3) is 0 Å². The van der Waals surface area contributed by atoms with E-state index in [1.807, 2.05) is 19.1 Å². The molecular weight excluding hydrogens is 246 g/mol. The lowest BCUT2D eigenvalue weighted by Gasteiger charge is -2.22. The van der Waals surface area contributed by atoms with E-state index in [1.165, 1.54) is 0 Å². The van der Waals surface area contributed by atoms with Crippen LogP contribution in [0.5, 0.6) is 0 Å². The summed E-state index contributed by atoms with van der Waals surface area (Å²) in [5, 5.41) is 2.77. The van der Waals surface area contributed by atoms with Gasteiger partial charge in [-0.2, -0.15) is 0 Å². The Kier molecular flexibility index (Phi) is 3.87. The van der Waals surface area contributed by atoms with Gasteiger partial charge in [0.25, 0.3) is 5.91 Å². The van der Waals surface area contributed by atoms with Crippen LogP contribution < -0.4 is 5.32 Å². The first-order chi connectivity index (χ1) is 8.58. The monoisotopic (exact) mass is 261 g/mol. The average molecular weight is 261 g/mol. The van der Waals surface area contributed by atoms with Gasteiger partial charge >= 0.3 is 0 Å². The molecular formula is C14H15NO2S. The number of Topliss-reactive ketones (excluding diaryl/α,β-unsaturated/α-hetero) is 1. The van der Waals surface area contributed by atoms with Gasteiger partial charge in [-0.3, -0.25) is 9.59 Å². The average Bonchev–Trinajstić information content (AvgIpc) is 2.35. The number of aryl methyl sites for hydroxylation is 1. The van der Waals surface area contributed by atoms with Crippen LogP contribution in [-0.2, 0) is 4.79 Å². The topological polar surface area (TPSA) is 46.2 Å². The third-order valence-electron chi connectivity index (χ3n) is 3.07. The second-order valence-corrected chi connectivity index (χ2v) is 5.07. The minimum Gasteiger partial charge on any atom is -0.342 e. The van der Waals surface area contributed by atoms with Crippen LogP contribution in [0.1, 0.15) is 35.2 Å². The van der Waals surface area contributed by atoms with Gasteiger partial charge in [-0.25, -0.2) is 0 Å². The number of thiocarbonyl (C=S) groups is 1. The van der Waals surface area contributed by atoms with Gasteiger partial charge in [0.2, 0.25) is 0 Å². The number of ketones is 1. The summed E-state index contributed by atoms with van der Waals surface area (Å²) < 4.78 is 0. The molecule has 94 valence electrons. The van der Waals surface area contributed by atoms with Gasteiger partial charge in [0.15, 0.2) is 5.78 Å². The third-order valence-corrected chi connectivity index (χ3v) is 3.48. The molecule has 0 aliphatic heterocycles. The van der Waals surface area contributed by atoms with Crippen LogP contribution >= 0.6 is 12.2 Å². The highest BCUT2D eigenvalue weighted by molar-refractivity contribution is 7.82. The van der Waals surface area contributed by atoms with Crippen LogP contribution in [0.15, 0.2) is 24.3 Å². The molecule has 18 heavy (non-hydrogen) atoms. The van der Waals surface area contributed by atoms with Crippen molar-refractivity contribution in [3.8, 4) is 0 Å². The molecule has 3 nitrogen and oxygen atoms in total. The molecule has 1 fully saturated rings. The largest absolute Gasteiger partial charge is 0.342 e. The molecule has 1 N–H and O–H groups in total. The first-order valence-corrected chi connectivity index (χ1v) is 6.43. The molecule has 1 atom stereocenters. The fraction of sp³-hybridized carbons (Fsp3) is 0.357. The third kappa shape index (κ3) is 2.82. The Bertz CT molecular complexity index is 510. The molecule has 4 heteroatoms. The molecule has 2 rings (SSSR count). The first kappa shape index (κ1) is 12.9. The number of carbonyl (C=O) groups is 2. The molecule has 0 radical (unpaired) electrons. The van der Waals surface area contributed by atoms with Crippen molar-refractivity contribution in [1.82, 2.24) is 5.32 Å². The van der Waals surface area contributed by atoms with E-state index < -0.39 is 6.04 Å². The molecule has 0 saturated heterocycles. The number of amides is 1. The Hall–Kier alpha value is -1.55. The van der Waals surface area contributed by atoms with Crippen molar-refractivity contribution in [2.75, 3.05) is 0 Å². The van der Waals surface area contributed by atoms with Crippen LogP contribution in [0.2, 0.25) is 0 Å². The van der Waals surface area contributed by atoms with Gasteiger partial charge in [0, 0.05) is 5.56 Å². The summed E-state index contributed by atoms with van der Waals surface area (Å²) in [5.74, 6) is -0.306. The predicted octanol–water partition coefficient (Wildman–Crippen LogP) is 2.22. The zero-order valence-electron chi connectivity index (χ0n) is 10.2. The Balaban J connectivity index is 2.07. The van der Waals surface area contributed by atoms with Crippen LogP contribution in [0.3, 0.4) is 0 Å². The van der Waals surface area contributed by atoms with Crippen molar-refractivity contribution in [2.45, 2.75) is 32.2 Å². The SMILES string of the molecule is Cc1cccc(C(=O)NC2CCCC(=S)C2=O)c1. The van der Waals surface area contributed by atoms with E-state index in [1.54, 1.807) is 12.1 Å². The van der Waals surface area contributed by atoms with E-state index in [2.05, 4.69) is 5.32 Å². The summed E-state index contributed by atoms with van der Waals surface area (Å²) in [4.78, 5) is 24.3. The first-order valence-electron chi connectivity index (χ1n) is 6.02. The summed E-state index contributed by atoms with van der Waals surface area (Å²) in [6.45, 7) is 1.93. The Morgan fingerprint density at radius 2 is 2.22 bits per heavy atom. The lowest BCUT2D eigenvalue weighted by Crippen LogP contribution is -2.45. The fourth-order valence-corrected chi connectivity index (χ4v) is 2.37. The maximum Gasteiger partial charge on any atom is 0.251 e. The molecule has 1 aromatic rings. The van der Waals surface area contributed by atoms with E-state index in [0.29, 0.717) is 23.3 Å².